The smallest absolute Gasteiger partial charge is 0.413 e. The molecule has 112 valence electrons. The summed E-state index contributed by atoms with van der Waals surface area (Å²) in [6.45, 7) is 0. The second-order valence-electron chi connectivity index (χ2n) is 5.27. The van der Waals surface area contributed by atoms with Crippen molar-refractivity contribution in [1.82, 2.24) is 5.32 Å². The Labute approximate surface area is 125 Å². The molecule has 3 amide bonds. The molecule has 2 N–H and O–H groups in total. The van der Waals surface area contributed by atoms with Crippen molar-refractivity contribution < 1.29 is 19.1 Å². The van der Waals surface area contributed by atoms with Crippen molar-refractivity contribution >= 4 is 34.2 Å². The number of rotatable bonds is 3. The van der Waals surface area contributed by atoms with Gasteiger partial charge >= 0.3 is 6.09 Å². The van der Waals surface area contributed by atoms with E-state index in [-0.39, 0.29) is 11.8 Å². The first-order valence-corrected chi connectivity index (χ1v) is 7.76. The Morgan fingerprint density at radius 1 is 1.24 bits per heavy atom. The molecule has 3 rings (SSSR count). The zero-order chi connectivity index (χ0) is 15.0. The van der Waals surface area contributed by atoms with Crippen molar-refractivity contribution in [2.75, 3.05) is 12.4 Å². The monoisotopic (exact) mass is 308 g/mol. The highest BCUT2D eigenvalue weighted by Gasteiger charge is 2.33. The normalized spacial score (nSPS) is 16.2. The zero-order valence-electron chi connectivity index (χ0n) is 11.7. The number of fused-ring (bicyclic) bond motifs is 1. The van der Waals surface area contributed by atoms with Gasteiger partial charge in [0.05, 0.1) is 12.7 Å². The molecule has 7 heteroatoms. The van der Waals surface area contributed by atoms with E-state index in [4.69, 9.17) is 0 Å². The van der Waals surface area contributed by atoms with Gasteiger partial charge in [-0.3, -0.25) is 14.9 Å². The molecule has 1 saturated carbocycles. The molecule has 2 aliphatic carbocycles. The second-order valence-corrected chi connectivity index (χ2v) is 6.38. The number of carbonyl (C=O) groups is 3. The summed E-state index contributed by atoms with van der Waals surface area (Å²) in [5, 5.41) is 5.57. The number of carbonyl (C=O) groups excluding carboxylic acids is 3. The number of methoxy groups -OCH3 is 1. The highest BCUT2D eigenvalue weighted by molar-refractivity contribution is 7.17. The molecule has 0 unspecified atom stereocenters. The van der Waals surface area contributed by atoms with Crippen LogP contribution in [0, 0.1) is 5.92 Å². The Morgan fingerprint density at radius 2 is 2.00 bits per heavy atom. The van der Waals surface area contributed by atoms with Crippen LogP contribution in [0.2, 0.25) is 0 Å². The molecule has 0 aromatic carbocycles. The summed E-state index contributed by atoms with van der Waals surface area (Å²) < 4.78 is 4.45. The van der Waals surface area contributed by atoms with Crippen molar-refractivity contribution in [3.05, 3.63) is 16.0 Å². The van der Waals surface area contributed by atoms with E-state index in [1.807, 2.05) is 0 Å². The summed E-state index contributed by atoms with van der Waals surface area (Å²) in [5.41, 5.74) is 1.37. The maximum Gasteiger partial charge on any atom is 0.413 e. The van der Waals surface area contributed by atoms with E-state index in [2.05, 4.69) is 15.4 Å². The van der Waals surface area contributed by atoms with Gasteiger partial charge in [0, 0.05) is 10.8 Å². The van der Waals surface area contributed by atoms with Gasteiger partial charge in [0.25, 0.3) is 5.91 Å². The molecule has 0 bridgehead atoms. The number of anilines is 1. The fourth-order valence-corrected chi connectivity index (χ4v) is 3.79. The van der Waals surface area contributed by atoms with Gasteiger partial charge in [-0.05, 0) is 37.7 Å². The Bertz CT molecular complexity index is 619. The van der Waals surface area contributed by atoms with E-state index in [1.54, 1.807) is 0 Å². The molecule has 1 fully saturated rings. The Hall–Kier alpha value is -1.89. The first kappa shape index (κ1) is 14.1. The first-order valence-electron chi connectivity index (χ1n) is 6.95. The standard InChI is InChI=1S/C14H16N2O4S/c1-20-14(19)16-12(18)10-8-3-2-4-9(8)21-13(10)15-11(17)7-5-6-7/h7H,2-6H2,1H3,(H,15,17)(H,16,18,19). The number of ether oxygens (including phenoxy) is 1. The molecule has 0 spiro atoms. The van der Waals surface area contributed by atoms with Crippen LogP contribution < -0.4 is 10.6 Å². The highest BCUT2D eigenvalue weighted by atomic mass is 32.1. The maximum atomic E-state index is 12.3. The van der Waals surface area contributed by atoms with Crippen molar-refractivity contribution in [2.24, 2.45) is 5.92 Å². The van der Waals surface area contributed by atoms with E-state index >= 15 is 0 Å². The van der Waals surface area contributed by atoms with Gasteiger partial charge in [0.15, 0.2) is 0 Å². The number of imide groups is 1. The van der Waals surface area contributed by atoms with Crippen LogP contribution in [0.25, 0.3) is 0 Å². The Kier molecular flexibility index (Phi) is 3.67. The third-order valence-corrected chi connectivity index (χ3v) is 4.94. The quantitative estimate of drug-likeness (QED) is 0.895. The van der Waals surface area contributed by atoms with E-state index < -0.39 is 12.0 Å². The number of alkyl carbamates (subject to hydrolysis) is 1. The molecule has 1 heterocycles. The molecule has 0 aliphatic heterocycles. The Balaban J connectivity index is 1.87. The van der Waals surface area contributed by atoms with Crippen LogP contribution in [-0.4, -0.2) is 25.0 Å². The highest BCUT2D eigenvalue weighted by Crippen LogP contribution is 2.40. The number of hydrogen-bond donors (Lipinski definition) is 2. The van der Waals surface area contributed by atoms with E-state index in [9.17, 15) is 14.4 Å². The predicted octanol–water partition coefficient (Wildman–Crippen LogP) is 2.08. The molecule has 0 radical (unpaired) electrons. The van der Waals surface area contributed by atoms with Gasteiger partial charge in [-0.2, -0.15) is 0 Å². The average molecular weight is 308 g/mol. The third kappa shape index (κ3) is 2.78. The van der Waals surface area contributed by atoms with Crippen LogP contribution in [-0.2, 0) is 22.4 Å². The Morgan fingerprint density at radius 3 is 2.67 bits per heavy atom. The molecule has 2 aliphatic rings. The number of hydrogen-bond acceptors (Lipinski definition) is 5. The minimum atomic E-state index is -0.794. The van der Waals surface area contributed by atoms with E-state index in [0.29, 0.717) is 10.6 Å². The number of thiophene rings is 1. The van der Waals surface area contributed by atoms with Crippen LogP contribution in [0.1, 0.15) is 40.1 Å². The summed E-state index contributed by atoms with van der Waals surface area (Å²) in [6, 6.07) is 0. The van der Waals surface area contributed by atoms with Crippen molar-refractivity contribution in [1.29, 1.82) is 0 Å². The third-order valence-electron chi connectivity index (χ3n) is 3.73. The van der Waals surface area contributed by atoms with Gasteiger partial charge in [0.1, 0.15) is 5.00 Å². The predicted molar refractivity (Wildman–Crippen MR) is 77.6 cm³/mol. The molecule has 1 aromatic heterocycles. The summed E-state index contributed by atoms with van der Waals surface area (Å²) in [6.07, 6.45) is 3.72. The van der Waals surface area contributed by atoms with Crippen LogP contribution in [0.15, 0.2) is 0 Å². The first-order chi connectivity index (χ1) is 10.1. The van der Waals surface area contributed by atoms with Crippen LogP contribution in [0.3, 0.4) is 0 Å². The summed E-state index contributed by atoms with van der Waals surface area (Å²) >= 11 is 1.44. The van der Waals surface area contributed by atoms with E-state index in [0.717, 1.165) is 42.5 Å². The topological polar surface area (TPSA) is 84.5 Å². The molecular formula is C14H16N2O4S. The molecule has 0 saturated heterocycles. The summed E-state index contributed by atoms with van der Waals surface area (Å²) in [5.74, 6) is -0.479. The largest absolute Gasteiger partial charge is 0.453 e. The lowest BCUT2D eigenvalue weighted by atomic mass is 10.1. The average Bonchev–Trinajstić information content (AvgIpc) is 3.12. The lowest BCUT2D eigenvalue weighted by Crippen LogP contribution is -2.31. The zero-order valence-corrected chi connectivity index (χ0v) is 12.5. The van der Waals surface area contributed by atoms with Gasteiger partial charge < -0.3 is 10.1 Å². The maximum absolute atomic E-state index is 12.3. The molecule has 21 heavy (non-hydrogen) atoms. The summed E-state index contributed by atoms with van der Waals surface area (Å²) in [4.78, 5) is 36.5. The number of nitrogens with one attached hydrogen (secondary N) is 2. The van der Waals surface area contributed by atoms with Crippen LogP contribution >= 0.6 is 11.3 Å². The van der Waals surface area contributed by atoms with Crippen molar-refractivity contribution in [3.63, 3.8) is 0 Å². The number of amides is 3. The lowest BCUT2D eigenvalue weighted by molar-refractivity contribution is -0.117. The van der Waals surface area contributed by atoms with Crippen molar-refractivity contribution in [3.8, 4) is 0 Å². The molecule has 6 nitrogen and oxygen atoms in total. The fourth-order valence-electron chi connectivity index (χ4n) is 2.50. The van der Waals surface area contributed by atoms with Gasteiger partial charge in [-0.1, -0.05) is 0 Å². The van der Waals surface area contributed by atoms with Gasteiger partial charge in [0.2, 0.25) is 5.91 Å². The molecule has 1 aromatic rings. The summed E-state index contributed by atoms with van der Waals surface area (Å²) in [7, 11) is 1.20. The minimum absolute atomic E-state index is 0.0398. The number of aryl methyl sites for hydroxylation is 1. The van der Waals surface area contributed by atoms with Crippen LogP contribution in [0.5, 0.6) is 0 Å². The second kappa shape index (κ2) is 5.48. The van der Waals surface area contributed by atoms with E-state index in [1.165, 1.54) is 18.4 Å². The minimum Gasteiger partial charge on any atom is -0.453 e. The van der Waals surface area contributed by atoms with Crippen molar-refractivity contribution in [2.45, 2.75) is 32.1 Å². The molecular weight excluding hydrogens is 292 g/mol. The molecule has 0 atom stereocenters. The van der Waals surface area contributed by atoms with Gasteiger partial charge in [-0.25, -0.2) is 4.79 Å². The fraction of sp³-hybridized carbons (Fsp3) is 0.500. The van der Waals surface area contributed by atoms with Crippen LogP contribution in [0.4, 0.5) is 9.80 Å². The van der Waals surface area contributed by atoms with Gasteiger partial charge in [-0.15, -0.1) is 11.3 Å². The lowest BCUT2D eigenvalue weighted by Gasteiger charge is -2.07. The SMILES string of the molecule is COC(=O)NC(=O)c1c(NC(=O)C2CC2)sc2c1CCC2.